The topological polar surface area (TPSA) is 91.9 Å². The Morgan fingerprint density at radius 1 is 1.16 bits per heavy atom. The lowest BCUT2D eigenvalue weighted by atomic mass is 9.83. The van der Waals surface area contributed by atoms with Crippen LogP contribution in [0.15, 0.2) is 64.8 Å². The van der Waals surface area contributed by atoms with Gasteiger partial charge in [-0.2, -0.15) is 5.26 Å². The Labute approximate surface area is 144 Å². The lowest BCUT2D eigenvalue weighted by Gasteiger charge is -2.26. The quantitative estimate of drug-likeness (QED) is 0.718. The number of H-pyrrole nitrogens is 1. The van der Waals surface area contributed by atoms with Gasteiger partial charge in [-0.3, -0.25) is 4.79 Å². The number of hydrogen-bond acceptors (Lipinski definition) is 4. The highest BCUT2D eigenvalue weighted by Crippen LogP contribution is 2.42. The summed E-state index contributed by atoms with van der Waals surface area (Å²) in [6.07, 6.45) is 0. The Hall–Kier alpha value is -3.52. The molecule has 3 aromatic rings. The minimum Gasteiger partial charge on any atom is -0.439 e. The number of nitriles is 1. The summed E-state index contributed by atoms with van der Waals surface area (Å²) in [5.41, 5.74) is 9.00. The van der Waals surface area contributed by atoms with E-state index in [1.807, 2.05) is 49.4 Å². The molecule has 25 heavy (non-hydrogen) atoms. The minimum atomic E-state index is -0.553. The second kappa shape index (κ2) is 5.53. The minimum absolute atomic E-state index is 0.0383. The molecular formula is C20H15N3O2. The van der Waals surface area contributed by atoms with Gasteiger partial charge in [-0.05, 0) is 24.6 Å². The lowest BCUT2D eigenvalue weighted by molar-refractivity contribution is 0.397. The van der Waals surface area contributed by atoms with Gasteiger partial charge in [0.25, 0.3) is 5.56 Å². The van der Waals surface area contributed by atoms with Crippen LogP contribution in [0.2, 0.25) is 0 Å². The third kappa shape index (κ3) is 2.27. The number of nitrogens with one attached hydrogen (secondary N) is 1. The largest absolute Gasteiger partial charge is 0.439 e. The first kappa shape index (κ1) is 15.0. The van der Waals surface area contributed by atoms with E-state index in [0.717, 1.165) is 16.5 Å². The maximum absolute atomic E-state index is 12.8. The van der Waals surface area contributed by atoms with Crippen LogP contribution in [0, 0.1) is 18.3 Å². The van der Waals surface area contributed by atoms with Crippen LogP contribution >= 0.6 is 0 Å². The maximum atomic E-state index is 12.8. The van der Waals surface area contributed by atoms with Gasteiger partial charge < -0.3 is 15.5 Å². The Morgan fingerprint density at radius 3 is 2.60 bits per heavy atom. The Kier molecular flexibility index (Phi) is 3.33. The fourth-order valence-electron chi connectivity index (χ4n) is 3.26. The van der Waals surface area contributed by atoms with Crippen LogP contribution in [-0.4, -0.2) is 4.98 Å². The van der Waals surface area contributed by atoms with Gasteiger partial charge in [-0.15, -0.1) is 0 Å². The fourth-order valence-corrected chi connectivity index (χ4v) is 3.26. The van der Waals surface area contributed by atoms with Crippen molar-refractivity contribution in [3.8, 4) is 11.8 Å². The van der Waals surface area contributed by atoms with E-state index in [0.29, 0.717) is 16.8 Å². The first-order chi connectivity index (χ1) is 12.1. The molecule has 122 valence electrons. The SMILES string of the molecule is Cc1ccc([C@H]2C(C#N)=C(N)Oc3c2c(=O)[nH]c2ccccc32)cc1. The Morgan fingerprint density at radius 2 is 1.88 bits per heavy atom. The average molecular weight is 329 g/mol. The van der Waals surface area contributed by atoms with Crippen molar-refractivity contribution < 1.29 is 4.74 Å². The molecule has 1 aliphatic heterocycles. The second-order valence-electron chi connectivity index (χ2n) is 6.08. The summed E-state index contributed by atoms with van der Waals surface area (Å²) in [5.74, 6) is -0.0968. The molecule has 2 heterocycles. The van der Waals surface area contributed by atoms with Gasteiger partial charge in [0.05, 0.1) is 17.0 Å². The van der Waals surface area contributed by atoms with Crippen LogP contribution in [-0.2, 0) is 0 Å². The molecule has 3 N–H and O–H groups in total. The third-order valence-electron chi connectivity index (χ3n) is 4.50. The fraction of sp³-hybridized carbons (Fsp3) is 0.100. The Balaban J connectivity index is 2.08. The van der Waals surface area contributed by atoms with E-state index in [1.54, 1.807) is 6.07 Å². The number of nitrogens with zero attached hydrogens (tertiary/aromatic N) is 1. The number of aromatic nitrogens is 1. The number of ether oxygens (including phenoxy) is 1. The van der Waals surface area contributed by atoms with E-state index in [-0.39, 0.29) is 17.0 Å². The molecule has 0 bridgehead atoms. The van der Waals surface area contributed by atoms with Crippen molar-refractivity contribution in [1.82, 2.24) is 4.98 Å². The summed E-state index contributed by atoms with van der Waals surface area (Å²) in [4.78, 5) is 15.7. The third-order valence-corrected chi connectivity index (χ3v) is 4.50. The number of rotatable bonds is 1. The molecule has 0 saturated heterocycles. The standard InChI is InChI=1S/C20H15N3O2/c1-11-6-8-12(9-7-11)16-14(10-21)19(22)25-18-13-4-2-3-5-15(13)23-20(24)17(16)18/h2-9,16H,22H2,1H3,(H,23,24)/t16-/m0/s1. The molecule has 5 nitrogen and oxygen atoms in total. The monoisotopic (exact) mass is 329 g/mol. The number of nitrogens with two attached hydrogens (primary N) is 1. The van der Waals surface area contributed by atoms with Gasteiger partial charge in [0.1, 0.15) is 17.4 Å². The number of pyridine rings is 1. The van der Waals surface area contributed by atoms with Crippen LogP contribution in [0.25, 0.3) is 10.9 Å². The van der Waals surface area contributed by atoms with Crippen molar-refractivity contribution in [3.05, 3.63) is 87.0 Å². The number of fused-ring (bicyclic) bond motifs is 3. The van der Waals surface area contributed by atoms with E-state index in [4.69, 9.17) is 10.5 Å². The summed E-state index contributed by atoms with van der Waals surface area (Å²) in [5, 5.41) is 10.4. The van der Waals surface area contributed by atoms with Crippen LogP contribution in [0.5, 0.6) is 5.75 Å². The molecule has 1 aromatic heterocycles. The van der Waals surface area contributed by atoms with Gasteiger partial charge in [0, 0.05) is 5.39 Å². The predicted octanol–water partition coefficient (Wildman–Crippen LogP) is 3.05. The summed E-state index contributed by atoms with van der Waals surface area (Å²) >= 11 is 0. The van der Waals surface area contributed by atoms with Gasteiger partial charge in [-0.25, -0.2) is 0 Å². The zero-order valence-corrected chi connectivity index (χ0v) is 13.5. The molecule has 5 heteroatoms. The second-order valence-corrected chi connectivity index (χ2v) is 6.08. The molecule has 0 radical (unpaired) electrons. The van der Waals surface area contributed by atoms with Crippen molar-refractivity contribution in [1.29, 1.82) is 5.26 Å². The lowest BCUT2D eigenvalue weighted by Crippen LogP contribution is -2.27. The summed E-state index contributed by atoms with van der Waals surface area (Å²) in [7, 11) is 0. The van der Waals surface area contributed by atoms with E-state index >= 15 is 0 Å². The van der Waals surface area contributed by atoms with Crippen LogP contribution in [0.1, 0.15) is 22.6 Å². The normalized spacial score (nSPS) is 16.2. The highest BCUT2D eigenvalue weighted by Gasteiger charge is 2.34. The van der Waals surface area contributed by atoms with Gasteiger partial charge in [-0.1, -0.05) is 42.0 Å². The molecule has 1 aliphatic rings. The first-order valence-corrected chi connectivity index (χ1v) is 7.89. The van der Waals surface area contributed by atoms with Crippen LogP contribution in [0.3, 0.4) is 0 Å². The molecule has 0 amide bonds. The van der Waals surface area contributed by atoms with Gasteiger partial charge in [0.2, 0.25) is 5.88 Å². The van der Waals surface area contributed by atoms with E-state index in [1.165, 1.54) is 0 Å². The van der Waals surface area contributed by atoms with Gasteiger partial charge in [0.15, 0.2) is 0 Å². The van der Waals surface area contributed by atoms with Crippen LogP contribution in [0.4, 0.5) is 0 Å². The molecular weight excluding hydrogens is 314 g/mol. The number of benzene rings is 2. The highest BCUT2D eigenvalue weighted by molar-refractivity contribution is 5.87. The maximum Gasteiger partial charge on any atom is 0.256 e. The van der Waals surface area contributed by atoms with Crippen molar-refractivity contribution in [2.24, 2.45) is 5.73 Å². The number of aromatic amines is 1. The molecule has 0 spiro atoms. The average Bonchev–Trinajstić information content (AvgIpc) is 2.61. The van der Waals surface area contributed by atoms with E-state index < -0.39 is 5.92 Å². The molecule has 4 rings (SSSR count). The van der Waals surface area contributed by atoms with Gasteiger partial charge >= 0.3 is 0 Å². The zero-order valence-electron chi connectivity index (χ0n) is 13.5. The molecule has 1 atom stereocenters. The smallest absolute Gasteiger partial charge is 0.256 e. The van der Waals surface area contributed by atoms with Crippen molar-refractivity contribution in [3.63, 3.8) is 0 Å². The molecule has 2 aromatic carbocycles. The molecule has 0 unspecified atom stereocenters. The number of hydrogen-bond donors (Lipinski definition) is 2. The van der Waals surface area contributed by atoms with E-state index in [2.05, 4.69) is 11.1 Å². The predicted molar refractivity (Wildman–Crippen MR) is 95.0 cm³/mol. The first-order valence-electron chi connectivity index (χ1n) is 7.89. The van der Waals surface area contributed by atoms with E-state index in [9.17, 15) is 10.1 Å². The summed E-state index contributed by atoms with van der Waals surface area (Å²) < 4.78 is 5.72. The Bertz CT molecular complexity index is 1120. The number of allylic oxidation sites excluding steroid dienone is 1. The molecule has 0 saturated carbocycles. The van der Waals surface area contributed by atoms with Crippen molar-refractivity contribution in [2.75, 3.05) is 0 Å². The number of aryl methyl sites for hydroxylation is 1. The molecule has 0 aliphatic carbocycles. The zero-order chi connectivity index (χ0) is 17.6. The molecule has 0 fully saturated rings. The summed E-state index contributed by atoms with van der Waals surface area (Å²) in [6, 6.07) is 17.2. The van der Waals surface area contributed by atoms with Crippen molar-refractivity contribution in [2.45, 2.75) is 12.8 Å². The number of para-hydroxylation sites is 1. The van der Waals surface area contributed by atoms with Crippen LogP contribution < -0.4 is 16.0 Å². The van der Waals surface area contributed by atoms with Crippen molar-refractivity contribution >= 4 is 10.9 Å². The highest BCUT2D eigenvalue weighted by atomic mass is 16.5. The summed E-state index contributed by atoms with van der Waals surface area (Å²) in [6.45, 7) is 1.98.